The number of amides is 2. The Hall–Kier alpha value is -4.29. The summed E-state index contributed by atoms with van der Waals surface area (Å²) in [6.45, 7) is 2.07. The number of ether oxygens (including phenoxy) is 1. The molecule has 0 bridgehead atoms. The van der Waals surface area contributed by atoms with Crippen LogP contribution in [0.5, 0.6) is 5.75 Å². The zero-order chi connectivity index (χ0) is 30.8. The van der Waals surface area contributed by atoms with E-state index in [1.807, 2.05) is 0 Å². The van der Waals surface area contributed by atoms with Crippen LogP contribution in [0.2, 0.25) is 5.02 Å². The lowest BCUT2D eigenvalue weighted by molar-refractivity contribution is -0.265. The number of carbonyl (C=O) groups excluding carboxylic acids is 2. The summed E-state index contributed by atoms with van der Waals surface area (Å²) in [5.74, 6) is -2.51. The Morgan fingerprint density at radius 1 is 1.12 bits per heavy atom. The fourth-order valence-electron chi connectivity index (χ4n) is 4.32. The number of nitrogens with zero attached hydrogens (tertiary/aromatic N) is 2. The number of rotatable bonds is 9. The third-order valence-electron chi connectivity index (χ3n) is 6.35. The van der Waals surface area contributed by atoms with Crippen molar-refractivity contribution in [1.29, 1.82) is 0 Å². The van der Waals surface area contributed by atoms with Gasteiger partial charge in [0.25, 0.3) is 5.91 Å². The highest BCUT2D eigenvalue weighted by Gasteiger charge is 2.56. The molecule has 0 aliphatic carbocycles. The molecule has 0 saturated heterocycles. The van der Waals surface area contributed by atoms with Crippen LogP contribution in [0, 0.1) is 12.7 Å². The van der Waals surface area contributed by atoms with Crippen LogP contribution in [0.3, 0.4) is 0 Å². The summed E-state index contributed by atoms with van der Waals surface area (Å²) in [7, 11) is 0. The van der Waals surface area contributed by atoms with E-state index in [1.165, 1.54) is 24.3 Å². The second-order valence-electron chi connectivity index (χ2n) is 9.51. The van der Waals surface area contributed by atoms with E-state index in [1.54, 1.807) is 26.1 Å². The van der Waals surface area contributed by atoms with E-state index in [0.717, 1.165) is 23.8 Å². The molecule has 0 aliphatic heterocycles. The molecule has 13 heteroatoms. The summed E-state index contributed by atoms with van der Waals surface area (Å²) >= 11 is 6.25. The van der Waals surface area contributed by atoms with Gasteiger partial charge in [0.05, 0.1) is 35.8 Å². The van der Waals surface area contributed by atoms with Gasteiger partial charge in [-0.3, -0.25) is 14.6 Å². The number of aliphatic hydroxyl groups is 1. The van der Waals surface area contributed by atoms with Crippen LogP contribution in [0.15, 0.2) is 54.7 Å². The monoisotopic (exact) mass is 604 g/mol. The first-order chi connectivity index (χ1) is 19.7. The number of hydrogen-bond acceptors (Lipinski definition) is 6. The molecule has 2 aromatic carbocycles. The van der Waals surface area contributed by atoms with Crippen LogP contribution in [0.1, 0.15) is 34.1 Å². The number of pyridine rings is 2. The highest BCUT2D eigenvalue weighted by Crippen LogP contribution is 2.42. The fourth-order valence-corrected chi connectivity index (χ4v) is 4.59. The molecule has 0 radical (unpaired) electrons. The summed E-state index contributed by atoms with van der Waals surface area (Å²) in [6, 6.07) is 9.86. The molecular formula is C29H25ClF4N4O4. The van der Waals surface area contributed by atoms with Crippen LogP contribution >= 0.6 is 11.6 Å². The lowest BCUT2D eigenvalue weighted by Gasteiger charge is -2.31. The number of alkyl halides is 3. The predicted octanol–water partition coefficient (Wildman–Crippen LogP) is 5.00. The minimum Gasteiger partial charge on any atom is -0.491 e. The molecule has 220 valence electrons. The molecule has 2 heterocycles. The Morgan fingerprint density at radius 2 is 1.81 bits per heavy atom. The Morgan fingerprint density at radius 3 is 2.43 bits per heavy atom. The molecule has 4 N–H and O–H groups in total. The molecule has 8 nitrogen and oxygen atoms in total. The molecule has 1 atom stereocenters. The highest BCUT2D eigenvalue weighted by atomic mass is 35.5. The fraction of sp³-hybridized carbons (Fsp3) is 0.241. The van der Waals surface area contributed by atoms with Gasteiger partial charge in [-0.15, -0.1) is 0 Å². The number of fused-ring (bicyclic) bond motifs is 1. The van der Waals surface area contributed by atoms with Crippen molar-refractivity contribution in [2.24, 2.45) is 5.73 Å². The van der Waals surface area contributed by atoms with Crippen molar-refractivity contribution in [3.63, 3.8) is 0 Å². The number of carbonyl (C=O) groups is 2. The van der Waals surface area contributed by atoms with Crippen molar-refractivity contribution in [3.8, 4) is 17.0 Å². The maximum atomic E-state index is 14.5. The average molecular weight is 605 g/mol. The molecule has 0 saturated carbocycles. The highest BCUT2D eigenvalue weighted by molar-refractivity contribution is 6.35. The van der Waals surface area contributed by atoms with E-state index >= 15 is 0 Å². The third kappa shape index (κ3) is 6.29. The topological polar surface area (TPSA) is 127 Å². The Balaban J connectivity index is 1.80. The molecule has 0 fully saturated rings. The minimum absolute atomic E-state index is 0.0456. The minimum atomic E-state index is -5.35. The molecule has 42 heavy (non-hydrogen) atoms. The van der Waals surface area contributed by atoms with Gasteiger partial charge in [-0.05, 0) is 67.9 Å². The predicted molar refractivity (Wildman–Crippen MR) is 147 cm³/mol. The summed E-state index contributed by atoms with van der Waals surface area (Å²) in [5.41, 5.74) is 1.65. The molecular weight excluding hydrogens is 580 g/mol. The van der Waals surface area contributed by atoms with E-state index in [0.29, 0.717) is 10.9 Å². The Labute approximate surface area is 242 Å². The van der Waals surface area contributed by atoms with E-state index in [2.05, 4.69) is 15.3 Å². The SMILES string of the molecule is CCOc1c(CC(N)=O)cc([C@@](O)(CNC(=O)c2cc(Cl)c3ncc(C)cc3c2)C(F)(F)F)nc1-c1ccc(F)cc1. The van der Waals surface area contributed by atoms with Gasteiger partial charge < -0.3 is 20.9 Å². The number of aryl methyl sites for hydroxylation is 1. The van der Waals surface area contributed by atoms with Gasteiger partial charge in [0.15, 0.2) is 0 Å². The number of halogens is 5. The van der Waals surface area contributed by atoms with Gasteiger partial charge in [0, 0.05) is 28.3 Å². The zero-order valence-corrected chi connectivity index (χ0v) is 23.1. The van der Waals surface area contributed by atoms with Gasteiger partial charge in [0.2, 0.25) is 11.5 Å². The van der Waals surface area contributed by atoms with Gasteiger partial charge in [0.1, 0.15) is 17.3 Å². The Bertz CT molecular complexity index is 1660. The first-order valence-electron chi connectivity index (χ1n) is 12.6. The molecule has 4 rings (SSSR count). The van der Waals surface area contributed by atoms with Gasteiger partial charge in [-0.1, -0.05) is 11.6 Å². The molecule has 2 aromatic heterocycles. The van der Waals surface area contributed by atoms with E-state index in [-0.39, 0.29) is 39.8 Å². The summed E-state index contributed by atoms with van der Waals surface area (Å²) in [5, 5.41) is 13.8. The summed E-state index contributed by atoms with van der Waals surface area (Å²) in [4.78, 5) is 33.1. The smallest absolute Gasteiger partial charge is 0.424 e. The molecule has 0 aliphatic rings. The number of aromatic nitrogens is 2. The van der Waals surface area contributed by atoms with Crippen LogP contribution < -0.4 is 15.8 Å². The average Bonchev–Trinajstić information content (AvgIpc) is 2.91. The van der Waals surface area contributed by atoms with Crippen molar-refractivity contribution in [1.82, 2.24) is 15.3 Å². The third-order valence-corrected chi connectivity index (χ3v) is 6.64. The standard InChI is InChI=1S/C29H25ClF4N4O4/c1-3-42-26-18(12-23(35)39)11-22(38-25(26)16-4-6-20(31)7-5-16)28(41,29(32,33)34)14-37-27(40)19-9-17-8-15(2)13-36-24(17)21(30)10-19/h4-11,13,41H,3,12,14H2,1-2H3,(H2,35,39)(H,37,40)/t28-/m0/s1. The van der Waals surface area contributed by atoms with Crippen LogP contribution in [-0.2, 0) is 16.8 Å². The normalized spacial score (nSPS) is 13.0. The van der Waals surface area contributed by atoms with Crippen molar-refractivity contribution in [3.05, 3.63) is 88.0 Å². The molecule has 2 amide bonds. The number of benzene rings is 2. The second kappa shape index (κ2) is 11.9. The molecule has 0 spiro atoms. The largest absolute Gasteiger partial charge is 0.491 e. The van der Waals surface area contributed by atoms with E-state index < -0.39 is 48.1 Å². The van der Waals surface area contributed by atoms with E-state index in [9.17, 15) is 32.3 Å². The van der Waals surface area contributed by atoms with Crippen LogP contribution in [0.4, 0.5) is 17.6 Å². The Kier molecular flexibility index (Phi) is 8.69. The van der Waals surface area contributed by atoms with Crippen LogP contribution in [0.25, 0.3) is 22.2 Å². The van der Waals surface area contributed by atoms with Gasteiger partial charge in [-0.2, -0.15) is 13.2 Å². The summed E-state index contributed by atoms with van der Waals surface area (Å²) in [6.07, 6.45) is -4.33. The lowest BCUT2D eigenvalue weighted by atomic mass is 9.93. The van der Waals surface area contributed by atoms with Gasteiger partial charge >= 0.3 is 6.18 Å². The van der Waals surface area contributed by atoms with Crippen molar-refractivity contribution >= 4 is 34.3 Å². The first kappa shape index (κ1) is 30.7. The van der Waals surface area contributed by atoms with Crippen molar-refractivity contribution in [2.45, 2.75) is 32.0 Å². The van der Waals surface area contributed by atoms with E-state index in [4.69, 9.17) is 22.1 Å². The maximum Gasteiger partial charge on any atom is 0.424 e. The lowest BCUT2D eigenvalue weighted by Crippen LogP contribution is -2.51. The number of hydrogen-bond donors (Lipinski definition) is 3. The zero-order valence-electron chi connectivity index (χ0n) is 22.4. The molecule has 4 aromatic rings. The number of nitrogens with one attached hydrogen (secondary N) is 1. The number of nitrogens with two attached hydrogens (primary N) is 1. The second-order valence-corrected chi connectivity index (χ2v) is 9.92. The van der Waals surface area contributed by atoms with Crippen molar-refractivity contribution < 1.29 is 37.0 Å². The number of primary amides is 1. The summed E-state index contributed by atoms with van der Waals surface area (Å²) < 4.78 is 62.9. The van der Waals surface area contributed by atoms with Gasteiger partial charge in [-0.25, -0.2) is 9.37 Å². The van der Waals surface area contributed by atoms with Crippen molar-refractivity contribution in [2.75, 3.05) is 13.2 Å². The van der Waals surface area contributed by atoms with Crippen LogP contribution in [-0.4, -0.2) is 46.2 Å². The first-order valence-corrected chi connectivity index (χ1v) is 13.0. The maximum absolute atomic E-state index is 14.5. The molecule has 0 unspecified atom stereocenters. The quantitative estimate of drug-likeness (QED) is 0.231.